The number of anilines is 1. The molecule has 7 nitrogen and oxygen atoms in total. The van der Waals surface area contributed by atoms with Crippen LogP contribution < -0.4 is 15.4 Å². The van der Waals surface area contributed by atoms with Crippen LogP contribution in [0.3, 0.4) is 0 Å². The minimum atomic E-state index is -0.0988. The van der Waals surface area contributed by atoms with Crippen LogP contribution in [0.2, 0.25) is 0 Å². The number of nitrogens with one attached hydrogen (secondary N) is 2. The van der Waals surface area contributed by atoms with E-state index in [0.717, 1.165) is 43.6 Å². The van der Waals surface area contributed by atoms with E-state index in [9.17, 15) is 4.79 Å². The SMILES string of the molecule is CN=C(NCCOc1cccc(NC(C)=O)c1)N(C)CC1CCOC1. The summed E-state index contributed by atoms with van der Waals surface area (Å²) in [6, 6.07) is 7.36. The van der Waals surface area contributed by atoms with E-state index < -0.39 is 0 Å². The topological polar surface area (TPSA) is 75.2 Å². The van der Waals surface area contributed by atoms with Crippen LogP contribution in [-0.2, 0) is 9.53 Å². The van der Waals surface area contributed by atoms with Crippen LogP contribution in [-0.4, -0.2) is 63.8 Å². The number of rotatable bonds is 7. The van der Waals surface area contributed by atoms with Gasteiger partial charge in [0.25, 0.3) is 0 Å². The van der Waals surface area contributed by atoms with E-state index in [1.165, 1.54) is 6.92 Å². The smallest absolute Gasteiger partial charge is 0.221 e. The van der Waals surface area contributed by atoms with Gasteiger partial charge in [0.05, 0.1) is 13.2 Å². The zero-order chi connectivity index (χ0) is 18.1. The molecule has 1 amide bonds. The zero-order valence-electron chi connectivity index (χ0n) is 15.2. The minimum Gasteiger partial charge on any atom is -0.492 e. The molecule has 7 heteroatoms. The predicted octanol–water partition coefficient (Wildman–Crippen LogP) is 1.57. The van der Waals surface area contributed by atoms with E-state index in [2.05, 4.69) is 20.5 Å². The maximum absolute atomic E-state index is 11.1. The number of carbonyl (C=O) groups is 1. The van der Waals surface area contributed by atoms with Crippen molar-refractivity contribution in [2.75, 3.05) is 52.3 Å². The van der Waals surface area contributed by atoms with Crippen LogP contribution >= 0.6 is 0 Å². The third kappa shape index (κ3) is 6.62. The second-order valence-corrected chi connectivity index (χ2v) is 6.14. The van der Waals surface area contributed by atoms with Crippen molar-refractivity contribution >= 4 is 17.6 Å². The second kappa shape index (κ2) is 9.88. The van der Waals surface area contributed by atoms with Crippen molar-refractivity contribution in [2.24, 2.45) is 10.9 Å². The van der Waals surface area contributed by atoms with Crippen molar-refractivity contribution in [3.63, 3.8) is 0 Å². The summed E-state index contributed by atoms with van der Waals surface area (Å²) in [4.78, 5) is 17.5. The molecule has 138 valence electrons. The van der Waals surface area contributed by atoms with Crippen LogP contribution in [0.15, 0.2) is 29.3 Å². The average molecular weight is 348 g/mol. The third-order valence-electron chi connectivity index (χ3n) is 3.94. The molecule has 1 aliphatic heterocycles. The molecule has 0 aromatic heterocycles. The fraction of sp³-hybridized carbons (Fsp3) is 0.556. The van der Waals surface area contributed by atoms with E-state index in [1.807, 2.05) is 31.3 Å². The van der Waals surface area contributed by atoms with Gasteiger partial charge >= 0.3 is 0 Å². The zero-order valence-corrected chi connectivity index (χ0v) is 15.2. The highest BCUT2D eigenvalue weighted by Gasteiger charge is 2.18. The van der Waals surface area contributed by atoms with Gasteiger partial charge in [0.1, 0.15) is 12.4 Å². The van der Waals surface area contributed by atoms with Crippen molar-refractivity contribution in [2.45, 2.75) is 13.3 Å². The molecule has 1 saturated heterocycles. The average Bonchev–Trinajstić information content (AvgIpc) is 3.07. The molecule has 2 N–H and O–H groups in total. The molecule has 0 spiro atoms. The largest absolute Gasteiger partial charge is 0.492 e. The van der Waals surface area contributed by atoms with Gasteiger partial charge in [-0.2, -0.15) is 0 Å². The second-order valence-electron chi connectivity index (χ2n) is 6.14. The van der Waals surface area contributed by atoms with Gasteiger partial charge in [0, 0.05) is 51.8 Å². The van der Waals surface area contributed by atoms with Crippen LogP contribution in [0.1, 0.15) is 13.3 Å². The van der Waals surface area contributed by atoms with Gasteiger partial charge in [-0.15, -0.1) is 0 Å². The van der Waals surface area contributed by atoms with Crippen molar-refractivity contribution in [1.82, 2.24) is 10.2 Å². The van der Waals surface area contributed by atoms with Gasteiger partial charge in [-0.05, 0) is 18.6 Å². The third-order valence-corrected chi connectivity index (χ3v) is 3.94. The number of benzene rings is 1. The Bertz CT molecular complexity index is 585. The van der Waals surface area contributed by atoms with Crippen LogP contribution in [0.4, 0.5) is 5.69 Å². The van der Waals surface area contributed by atoms with Crippen LogP contribution in [0, 0.1) is 5.92 Å². The maximum Gasteiger partial charge on any atom is 0.221 e. The molecule has 0 radical (unpaired) electrons. The lowest BCUT2D eigenvalue weighted by Gasteiger charge is -2.24. The van der Waals surface area contributed by atoms with E-state index in [1.54, 1.807) is 7.05 Å². The Morgan fingerprint density at radius 2 is 2.32 bits per heavy atom. The molecule has 0 aliphatic carbocycles. The number of ether oxygens (including phenoxy) is 2. The number of hydrogen-bond donors (Lipinski definition) is 2. The van der Waals surface area contributed by atoms with Crippen LogP contribution in [0.5, 0.6) is 5.75 Å². The summed E-state index contributed by atoms with van der Waals surface area (Å²) in [5.74, 6) is 2.04. The van der Waals surface area contributed by atoms with E-state index in [0.29, 0.717) is 19.1 Å². The molecule has 1 atom stereocenters. The van der Waals surface area contributed by atoms with Gasteiger partial charge < -0.3 is 25.0 Å². The molecule has 0 bridgehead atoms. The van der Waals surface area contributed by atoms with Gasteiger partial charge in [-0.3, -0.25) is 9.79 Å². The highest BCUT2D eigenvalue weighted by atomic mass is 16.5. The number of aliphatic imine (C=N–C) groups is 1. The first kappa shape index (κ1) is 19.1. The van der Waals surface area contributed by atoms with Crippen molar-refractivity contribution in [3.05, 3.63) is 24.3 Å². The van der Waals surface area contributed by atoms with E-state index in [-0.39, 0.29) is 5.91 Å². The maximum atomic E-state index is 11.1. The number of guanidine groups is 1. The molecule has 1 aliphatic rings. The molecule has 1 aromatic rings. The quantitative estimate of drug-likeness (QED) is 0.444. The summed E-state index contributed by atoms with van der Waals surface area (Å²) in [7, 11) is 3.81. The lowest BCUT2D eigenvalue weighted by Crippen LogP contribution is -2.42. The highest BCUT2D eigenvalue weighted by molar-refractivity contribution is 5.88. The first-order valence-corrected chi connectivity index (χ1v) is 8.58. The van der Waals surface area contributed by atoms with E-state index >= 15 is 0 Å². The highest BCUT2D eigenvalue weighted by Crippen LogP contribution is 2.17. The summed E-state index contributed by atoms with van der Waals surface area (Å²) < 4.78 is 11.1. The molecular formula is C18H28N4O3. The Balaban J connectivity index is 1.72. The van der Waals surface area contributed by atoms with Gasteiger partial charge in [0.15, 0.2) is 5.96 Å². The van der Waals surface area contributed by atoms with Crippen molar-refractivity contribution < 1.29 is 14.3 Å². The first-order valence-electron chi connectivity index (χ1n) is 8.58. The Morgan fingerprint density at radius 3 is 3.00 bits per heavy atom. The monoisotopic (exact) mass is 348 g/mol. The van der Waals surface area contributed by atoms with E-state index in [4.69, 9.17) is 9.47 Å². The summed E-state index contributed by atoms with van der Waals surface area (Å²) in [6.45, 7) is 5.24. The molecule has 1 heterocycles. The van der Waals surface area contributed by atoms with Crippen molar-refractivity contribution in [3.8, 4) is 5.75 Å². The van der Waals surface area contributed by atoms with Gasteiger partial charge in [0.2, 0.25) is 5.91 Å². The van der Waals surface area contributed by atoms with Gasteiger partial charge in [-0.25, -0.2) is 0 Å². The lowest BCUT2D eigenvalue weighted by molar-refractivity contribution is -0.114. The first-order chi connectivity index (χ1) is 12.1. The number of amides is 1. The standard InChI is InChI=1S/C18H28N4O3/c1-14(23)21-16-5-4-6-17(11-16)25-10-8-20-18(19-2)22(3)12-15-7-9-24-13-15/h4-6,11,15H,7-10,12-13H2,1-3H3,(H,19,20)(H,21,23). The fourth-order valence-electron chi connectivity index (χ4n) is 2.78. The number of hydrogen-bond acceptors (Lipinski definition) is 4. The summed E-state index contributed by atoms with van der Waals surface area (Å²) in [5, 5.41) is 6.04. The van der Waals surface area contributed by atoms with Gasteiger partial charge in [-0.1, -0.05) is 6.07 Å². The molecular weight excluding hydrogens is 320 g/mol. The Morgan fingerprint density at radius 1 is 1.48 bits per heavy atom. The Hall–Kier alpha value is -2.28. The van der Waals surface area contributed by atoms with Crippen LogP contribution in [0.25, 0.3) is 0 Å². The molecule has 25 heavy (non-hydrogen) atoms. The summed E-state index contributed by atoms with van der Waals surface area (Å²) in [5.41, 5.74) is 0.729. The molecule has 1 aromatic carbocycles. The Kier molecular flexibility index (Phi) is 7.53. The van der Waals surface area contributed by atoms with Crippen molar-refractivity contribution in [1.29, 1.82) is 0 Å². The molecule has 2 rings (SSSR count). The lowest BCUT2D eigenvalue weighted by atomic mass is 10.1. The molecule has 1 fully saturated rings. The number of carbonyl (C=O) groups excluding carboxylic acids is 1. The number of nitrogens with zero attached hydrogens (tertiary/aromatic N) is 2. The molecule has 1 unspecified atom stereocenters. The summed E-state index contributed by atoms with van der Waals surface area (Å²) >= 11 is 0. The summed E-state index contributed by atoms with van der Waals surface area (Å²) in [6.07, 6.45) is 1.11. The normalized spacial score (nSPS) is 17.2. The Labute approximate surface area is 149 Å². The predicted molar refractivity (Wildman–Crippen MR) is 99.2 cm³/mol. The minimum absolute atomic E-state index is 0.0988. The fourth-order valence-corrected chi connectivity index (χ4v) is 2.78. The molecule has 0 saturated carbocycles.